The fraction of sp³-hybridized carbons (Fsp3) is 0.0769. The Kier molecular flexibility index (Phi) is 3.27. The normalized spacial score (nSPS) is 9.71. The lowest BCUT2D eigenvalue weighted by Gasteiger charge is -2.10. The number of nitrogens with zero attached hydrogens (tertiary/aromatic N) is 2. The number of hydrogen-bond donors (Lipinski definition) is 1. The van der Waals surface area contributed by atoms with E-state index in [-0.39, 0.29) is 0 Å². The van der Waals surface area contributed by atoms with Gasteiger partial charge in [-0.1, -0.05) is 11.6 Å². The number of rotatable bonds is 2. The molecule has 1 aromatic carbocycles. The summed E-state index contributed by atoms with van der Waals surface area (Å²) in [7, 11) is 0. The van der Waals surface area contributed by atoms with Gasteiger partial charge in [0, 0.05) is 16.9 Å². The van der Waals surface area contributed by atoms with E-state index in [9.17, 15) is 0 Å². The molecule has 0 atom stereocenters. The van der Waals surface area contributed by atoms with Crippen molar-refractivity contribution in [3.05, 3.63) is 52.8 Å². The number of anilines is 2. The van der Waals surface area contributed by atoms with Crippen molar-refractivity contribution >= 4 is 23.0 Å². The van der Waals surface area contributed by atoms with Gasteiger partial charge >= 0.3 is 0 Å². The van der Waals surface area contributed by atoms with Crippen LogP contribution in [0.2, 0.25) is 5.02 Å². The van der Waals surface area contributed by atoms with Gasteiger partial charge < -0.3 is 5.32 Å². The predicted octanol–water partition coefficient (Wildman–Crippen LogP) is 3.66. The van der Waals surface area contributed by atoms with Crippen LogP contribution in [-0.4, -0.2) is 4.98 Å². The predicted molar refractivity (Wildman–Crippen MR) is 68.4 cm³/mol. The molecule has 0 aliphatic rings. The molecule has 84 valence electrons. The van der Waals surface area contributed by atoms with Gasteiger partial charge in [0.2, 0.25) is 0 Å². The Hall–Kier alpha value is -2.05. The molecule has 2 aromatic rings. The summed E-state index contributed by atoms with van der Waals surface area (Å²) in [6.07, 6.45) is 3.23. The summed E-state index contributed by atoms with van der Waals surface area (Å²) >= 11 is 5.89. The van der Waals surface area contributed by atoms with Crippen molar-refractivity contribution in [2.24, 2.45) is 0 Å². The van der Waals surface area contributed by atoms with Crippen molar-refractivity contribution in [2.75, 3.05) is 5.32 Å². The second kappa shape index (κ2) is 4.86. The van der Waals surface area contributed by atoms with Crippen LogP contribution >= 0.6 is 11.6 Å². The second-order valence-corrected chi connectivity index (χ2v) is 4.05. The number of pyridine rings is 1. The lowest BCUT2D eigenvalue weighted by molar-refractivity contribution is 1.30. The van der Waals surface area contributed by atoms with E-state index in [1.54, 1.807) is 24.5 Å². The summed E-state index contributed by atoms with van der Waals surface area (Å²) < 4.78 is 0. The number of nitriles is 1. The quantitative estimate of drug-likeness (QED) is 0.876. The first-order valence-corrected chi connectivity index (χ1v) is 5.46. The highest BCUT2D eigenvalue weighted by atomic mass is 35.5. The SMILES string of the molecule is Cc1cc(Cl)ccc1Nc1cnccc1C#N. The monoisotopic (exact) mass is 243 g/mol. The Morgan fingerprint density at radius 2 is 2.12 bits per heavy atom. The average Bonchev–Trinajstić information content (AvgIpc) is 2.33. The zero-order valence-corrected chi connectivity index (χ0v) is 9.99. The Morgan fingerprint density at radius 3 is 2.82 bits per heavy atom. The van der Waals surface area contributed by atoms with E-state index in [1.807, 2.05) is 19.1 Å². The molecule has 1 aromatic heterocycles. The van der Waals surface area contributed by atoms with Crippen LogP contribution in [0, 0.1) is 18.3 Å². The lowest BCUT2D eigenvalue weighted by Crippen LogP contribution is -1.96. The summed E-state index contributed by atoms with van der Waals surface area (Å²) in [5.74, 6) is 0. The molecular formula is C13H10ClN3. The standard InChI is InChI=1S/C13H10ClN3/c1-9-6-11(14)2-3-12(9)17-13-8-16-5-4-10(13)7-15/h2-6,8,17H,1H3. The minimum atomic E-state index is 0.564. The first kappa shape index (κ1) is 11.4. The molecule has 0 unspecified atom stereocenters. The fourth-order valence-corrected chi connectivity index (χ4v) is 1.73. The Labute approximate surface area is 105 Å². The molecule has 2 rings (SSSR count). The van der Waals surface area contributed by atoms with Crippen LogP contribution in [0.25, 0.3) is 0 Å². The van der Waals surface area contributed by atoms with Gasteiger partial charge in [-0.15, -0.1) is 0 Å². The Morgan fingerprint density at radius 1 is 1.29 bits per heavy atom. The van der Waals surface area contributed by atoms with E-state index < -0.39 is 0 Å². The number of nitrogens with one attached hydrogen (secondary N) is 1. The molecule has 3 nitrogen and oxygen atoms in total. The van der Waals surface area contributed by atoms with Crippen LogP contribution in [-0.2, 0) is 0 Å². The maximum atomic E-state index is 8.97. The molecule has 0 aliphatic heterocycles. The molecule has 0 spiro atoms. The molecule has 0 amide bonds. The summed E-state index contributed by atoms with van der Waals surface area (Å²) in [6.45, 7) is 1.95. The number of halogens is 1. The highest BCUT2D eigenvalue weighted by molar-refractivity contribution is 6.30. The lowest BCUT2D eigenvalue weighted by atomic mass is 10.2. The van der Waals surface area contributed by atoms with Gasteiger partial charge in [-0.05, 0) is 36.8 Å². The summed E-state index contributed by atoms with van der Waals surface area (Å²) in [6, 6.07) is 9.35. The van der Waals surface area contributed by atoms with Crippen molar-refractivity contribution in [2.45, 2.75) is 6.92 Å². The van der Waals surface area contributed by atoms with E-state index in [4.69, 9.17) is 16.9 Å². The molecule has 0 fully saturated rings. The van der Waals surface area contributed by atoms with Crippen molar-refractivity contribution in [3.8, 4) is 6.07 Å². The Bertz CT molecular complexity index is 587. The second-order valence-electron chi connectivity index (χ2n) is 3.62. The summed E-state index contributed by atoms with van der Waals surface area (Å²) in [4.78, 5) is 4.00. The van der Waals surface area contributed by atoms with E-state index >= 15 is 0 Å². The van der Waals surface area contributed by atoms with Crippen molar-refractivity contribution in [1.29, 1.82) is 5.26 Å². The molecular weight excluding hydrogens is 234 g/mol. The van der Waals surface area contributed by atoms with Gasteiger partial charge in [0.15, 0.2) is 0 Å². The zero-order chi connectivity index (χ0) is 12.3. The molecule has 0 saturated carbocycles. The highest BCUT2D eigenvalue weighted by Gasteiger charge is 2.04. The zero-order valence-electron chi connectivity index (χ0n) is 9.24. The van der Waals surface area contributed by atoms with Crippen molar-refractivity contribution in [3.63, 3.8) is 0 Å². The minimum absolute atomic E-state index is 0.564. The van der Waals surface area contributed by atoms with Crippen molar-refractivity contribution in [1.82, 2.24) is 4.98 Å². The topological polar surface area (TPSA) is 48.7 Å². The molecule has 1 heterocycles. The first-order valence-electron chi connectivity index (χ1n) is 5.08. The van der Waals surface area contributed by atoms with E-state index in [0.717, 1.165) is 11.3 Å². The van der Waals surface area contributed by atoms with Crippen LogP contribution in [0.5, 0.6) is 0 Å². The van der Waals surface area contributed by atoms with E-state index in [1.165, 1.54) is 0 Å². The molecule has 0 saturated heterocycles. The summed E-state index contributed by atoms with van der Waals surface area (Å²) in [5, 5.41) is 12.8. The van der Waals surface area contributed by atoms with Gasteiger partial charge in [-0.25, -0.2) is 0 Å². The van der Waals surface area contributed by atoms with E-state index in [2.05, 4.69) is 16.4 Å². The fourth-order valence-electron chi connectivity index (χ4n) is 1.50. The van der Waals surface area contributed by atoms with Crippen LogP contribution in [0.4, 0.5) is 11.4 Å². The number of aromatic nitrogens is 1. The van der Waals surface area contributed by atoms with Gasteiger partial charge in [0.1, 0.15) is 6.07 Å². The minimum Gasteiger partial charge on any atom is -0.353 e. The van der Waals surface area contributed by atoms with Crippen LogP contribution in [0.1, 0.15) is 11.1 Å². The Balaban J connectivity index is 2.35. The summed E-state index contributed by atoms with van der Waals surface area (Å²) in [5.41, 5.74) is 3.19. The third kappa shape index (κ3) is 2.55. The number of benzene rings is 1. The maximum Gasteiger partial charge on any atom is 0.101 e. The largest absolute Gasteiger partial charge is 0.353 e. The van der Waals surface area contributed by atoms with Gasteiger partial charge in [0.05, 0.1) is 17.4 Å². The molecule has 17 heavy (non-hydrogen) atoms. The first-order chi connectivity index (χ1) is 8.20. The van der Waals surface area contributed by atoms with Gasteiger partial charge in [-0.2, -0.15) is 5.26 Å². The van der Waals surface area contributed by atoms with Crippen LogP contribution in [0.15, 0.2) is 36.7 Å². The third-order valence-electron chi connectivity index (χ3n) is 2.40. The molecule has 0 bridgehead atoms. The molecule has 1 N–H and O–H groups in total. The maximum absolute atomic E-state index is 8.97. The highest BCUT2D eigenvalue weighted by Crippen LogP contribution is 2.24. The smallest absolute Gasteiger partial charge is 0.101 e. The van der Waals surface area contributed by atoms with Crippen LogP contribution in [0.3, 0.4) is 0 Å². The number of aryl methyl sites for hydroxylation is 1. The average molecular weight is 244 g/mol. The van der Waals surface area contributed by atoms with E-state index in [0.29, 0.717) is 16.3 Å². The van der Waals surface area contributed by atoms with Gasteiger partial charge in [0.25, 0.3) is 0 Å². The van der Waals surface area contributed by atoms with Crippen molar-refractivity contribution < 1.29 is 0 Å². The van der Waals surface area contributed by atoms with Gasteiger partial charge in [-0.3, -0.25) is 4.98 Å². The molecule has 0 radical (unpaired) electrons. The third-order valence-corrected chi connectivity index (χ3v) is 2.63. The molecule has 0 aliphatic carbocycles. The number of hydrogen-bond acceptors (Lipinski definition) is 3. The molecule has 4 heteroatoms. The van der Waals surface area contributed by atoms with Crippen LogP contribution < -0.4 is 5.32 Å².